The number of nitrogens with one attached hydrogen (secondary N) is 1. The van der Waals surface area contributed by atoms with Crippen molar-refractivity contribution >= 4 is 11.6 Å². The smallest absolute Gasteiger partial charge is 0.0409 e. The van der Waals surface area contributed by atoms with Crippen molar-refractivity contribution in [2.24, 2.45) is 0 Å². The lowest BCUT2D eigenvalue weighted by Gasteiger charge is -2.27. The van der Waals surface area contributed by atoms with Crippen LogP contribution in [0.25, 0.3) is 0 Å². The van der Waals surface area contributed by atoms with E-state index in [1.54, 1.807) is 0 Å². The van der Waals surface area contributed by atoms with E-state index in [1.165, 1.54) is 37.9 Å². The monoisotopic (exact) mass is 278 g/mol. The molecule has 0 radical (unpaired) electrons. The maximum atomic E-state index is 6.12. The predicted molar refractivity (Wildman–Crippen MR) is 80.6 cm³/mol. The summed E-state index contributed by atoms with van der Waals surface area (Å²) >= 11 is 6.12. The van der Waals surface area contributed by atoms with E-state index in [1.807, 2.05) is 6.07 Å². The SMILES string of the molecule is CCC(NC1CCN2CCCC12)c1cccc(Cl)c1. The predicted octanol–water partition coefficient (Wildman–Crippen LogP) is 3.62. The molecule has 2 aliphatic heterocycles. The molecule has 0 saturated carbocycles. The van der Waals surface area contributed by atoms with Gasteiger partial charge in [0, 0.05) is 29.7 Å². The van der Waals surface area contributed by atoms with E-state index >= 15 is 0 Å². The lowest BCUT2D eigenvalue weighted by molar-refractivity contribution is 0.287. The van der Waals surface area contributed by atoms with Crippen molar-refractivity contribution < 1.29 is 0 Å². The van der Waals surface area contributed by atoms with E-state index in [0.717, 1.165) is 17.5 Å². The Hall–Kier alpha value is -0.570. The Morgan fingerprint density at radius 2 is 2.26 bits per heavy atom. The number of hydrogen-bond acceptors (Lipinski definition) is 2. The van der Waals surface area contributed by atoms with Crippen molar-refractivity contribution in [3.05, 3.63) is 34.9 Å². The lowest BCUT2D eigenvalue weighted by Crippen LogP contribution is -2.40. The summed E-state index contributed by atoms with van der Waals surface area (Å²) in [5.74, 6) is 0. The highest BCUT2D eigenvalue weighted by molar-refractivity contribution is 6.30. The molecule has 0 amide bonds. The van der Waals surface area contributed by atoms with Gasteiger partial charge in [-0.15, -0.1) is 0 Å². The van der Waals surface area contributed by atoms with Gasteiger partial charge in [-0.05, 0) is 49.9 Å². The molecule has 2 nitrogen and oxygen atoms in total. The third kappa shape index (κ3) is 2.81. The summed E-state index contributed by atoms with van der Waals surface area (Å²) in [5, 5.41) is 4.72. The highest BCUT2D eigenvalue weighted by atomic mass is 35.5. The summed E-state index contributed by atoms with van der Waals surface area (Å²) in [6.07, 6.45) is 5.14. The van der Waals surface area contributed by atoms with Gasteiger partial charge < -0.3 is 5.32 Å². The van der Waals surface area contributed by atoms with E-state index in [2.05, 4.69) is 35.3 Å². The first-order valence-corrected chi connectivity index (χ1v) is 7.91. The highest BCUT2D eigenvalue weighted by Gasteiger charge is 2.37. The Morgan fingerprint density at radius 3 is 3.05 bits per heavy atom. The third-order valence-corrected chi connectivity index (χ3v) is 4.92. The molecule has 2 heterocycles. The van der Waals surface area contributed by atoms with Crippen LogP contribution in [0.5, 0.6) is 0 Å². The average molecular weight is 279 g/mol. The molecule has 3 atom stereocenters. The number of rotatable bonds is 4. The average Bonchev–Trinajstić information content (AvgIpc) is 2.99. The summed E-state index contributed by atoms with van der Waals surface area (Å²) < 4.78 is 0. The van der Waals surface area contributed by atoms with Gasteiger partial charge in [0.2, 0.25) is 0 Å². The third-order valence-electron chi connectivity index (χ3n) is 4.68. The van der Waals surface area contributed by atoms with E-state index < -0.39 is 0 Å². The van der Waals surface area contributed by atoms with Crippen molar-refractivity contribution in [2.75, 3.05) is 13.1 Å². The Labute approximate surface area is 121 Å². The first kappa shape index (κ1) is 13.4. The summed E-state index contributed by atoms with van der Waals surface area (Å²) in [6.45, 7) is 4.82. The minimum Gasteiger partial charge on any atom is -0.306 e. The first-order valence-electron chi connectivity index (χ1n) is 7.53. The minimum absolute atomic E-state index is 0.434. The summed E-state index contributed by atoms with van der Waals surface area (Å²) in [4.78, 5) is 2.66. The highest BCUT2D eigenvalue weighted by Crippen LogP contribution is 2.30. The zero-order valence-corrected chi connectivity index (χ0v) is 12.4. The van der Waals surface area contributed by atoms with Gasteiger partial charge in [-0.1, -0.05) is 30.7 Å². The van der Waals surface area contributed by atoms with Crippen LogP contribution in [0.2, 0.25) is 5.02 Å². The standard InChI is InChI=1S/C16H23ClN2/c1-2-14(12-5-3-6-13(17)11-12)18-15-8-10-19-9-4-7-16(15)19/h3,5-6,11,14-16,18H,2,4,7-10H2,1H3. The van der Waals surface area contributed by atoms with E-state index in [-0.39, 0.29) is 0 Å². The van der Waals surface area contributed by atoms with Gasteiger partial charge in [0.05, 0.1) is 0 Å². The summed E-state index contributed by atoms with van der Waals surface area (Å²) in [7, 11) is 0. The van der Waals surface area contributed by atoms with Gasteiger partial charge >= 0.3 is 0 Å². The van der Waals surface area contributed by atoms with Crippen molar-refractivity contribution in [1.29, 1.82) is 0 Å². The summed E-state index contributed by atoms with van der Waals surface area (Å²) in [6, 6.07) is 10.2. The Morgan fingerprint density at radius 1 is 1.37 bits per heavy atom. The molecule has 2 fully saturated rings. The summed E-state index contributed by atoms with van der Waals surface area (Å²) in [5.41, 5.74) is 1.33. The Balaban J connectivity index is 1.70. The van der Waals surface area contributed by atoms with Crippen molar-refractivity contribution in [2.45, 2.75) is 50.7 Å². The molecule has 0 aromatic heterocycles. The van der Waals surface area contributed by atoms with E-state index in [9.17, 15) is 0 Å². The number of halogens is 1. The molecule has 19 heavy (non-hydrogen) atoms. The number of nitrogens with zero attached hydrogens (tertiary/aromatic N) is 1. The second-order valence-electron chi connectivity index (χ2n) is 5.82. The fourth-order valence-corrected chi connectivity index (χ4v) is 3.91. The molecule has 1 aromatic carbocycles. The number of hydrogen-bond donors (Lipinski definition) is 1. The molecule has 1 N–H and O–H groups in total. The zero-order chi connectivity index (χ0) is 13.2. The number of benzene rings is 1. The molecule has 0 spiro atoms. The molecule has 3 heteroatoms. The lowest BCUT2D eigenvalue weighted by atomic mass is 10.00. The van der Waals surface area contributed by atoms with Gasteiger partial charge in [-0.25, -0.2) is 0 Å². The van der Waals surface area contributed by atoms with Crippen LogP contribution in [0.4, 0.5) is 0 Å². The quantitative estimate of drug-likeness (QED) is 0.905. The maximum Gasteiger partial charge on any atom is 0.0409 e. The molecule has 0 aliphatic carbocycles. The van der Waals surface area contributed by atoms with Crippen LogP contribution >= 0.6 is 11.6 Å². The van der Waals surface area contributed by atoms with Crippen molar-refractivity contribution in [1.82, 2.24) is 10.2 Å². The molecule has 2 aliphatic rings. The minimum atomic E-state index is 0.434. The first-order chi connectivity index (χ1) is 9.28. The Bertz CT molecular complexity index is 435. The maximum absolute atomic E-state index is 6.12. The molecule has 2 saturated heterocycles. The fourth-order valence-electron chi connectivity index (χ4n) is 3.71. The van der Waals surface area contributed by atoms with Crippen LogP contribution in [0, 0.1) is 0 Å². The van der Waals surface area contributed by atoms with Crippen LogP contribution in [-0.4, -0.2) is 30.1 Å². The molecule has 104 valence electrons. The van der Waals surface area contributed by atoms with Crippen LogP contribution in [0.3, 0.4) is 0 Å². The molecule has 3 rings (SSSR count). The molecule has 1 aromatic rings. The molecule has 3 unspecified atom stereocenters. The van der Waals surface area contributed by atoms with Gasteiger partial charge in [0.1, 0.15) is 0 Å². The van der Waals surface area contributed by atoms with Crippen molar-refractivity contribution in [3.8, 4) is 0 Å². The van der Waals surface area contributed by atoms with Crippen LogP contribution in [0.1, 0.15) is 44.2 Å². The van der Waals surface area contributed by atoms with Crippen molar-refractivity contribution in [3.63, 3.8) is 0 Å². The second-order valence-corrected chi connectivity index (χ2v) is 6.26. The normalized spacial score (nSPS) is 28.5. The second kappa shape index (κ2) is 5.82. The number of fused-ring (bicyclic) bond motifs is 1. The molecular formula is C16H23ClN2. The van der Waals surface area contributed by atoms with Gasteiger partial charge in [0.25, 0.3) is 0 Å². The largest absolute Gasteiger partial charge is 0.306 e. The van der Waals surface area contributed by atoms with Crippen LogP contribution in [-0.2, 0) is 0 Å². The zero-order valence-electron chi connectivity index (χ0n) is 11.6. The van der Waals surface area contributed by atoms with Gasteiger partial charge in [-0.3, -0.25) is 4.90 Å². The molecule has 0 bridgehead atoms. The van der Waals surface area contributed by atoms with Gasteiger partial charge in [0.15, 0.2) is 0 Å². The Kier molecular flexibility index (Phi) is 4.11. The van der Waals surface area contributed by atoms with E-state index in [0.29, 0.717) is 12.1 Å². The van der Waals surface area contributed by atoms with Crippen LogP contribution in [0.15, 0.2) is 24.3 Å². The fraction of sp³-hybridized carbons (Fsp3) is 0.625. The topological polar surface area (TPSA) is 15.3 Å². The van der Waals surface area contributed by atoms with Gasteiger partial charge in [-0.2, -0.15) is 0 Å². The molecular weight excluding hydrogens is 256 g/mol. The van der Waals surface area contributed by atoms with Crippen LogP contribution < -0.4 is 5.32 Å². The van der Waals surface area contributed by atoms with E-state index in [4.69, 9.17) is 11.6 Å².